The highest BCUT2D eigenvalue weighted by molar-refractivity contribution is 5.85. The Morgan fingerprint density at radius 2 is 2.04 bits per heavy atom. The molecule has 4 N–H and O–H groups in total. The number of rotatable bonds is 6. The van der Waals surface area contributed by atoms with Gasteiger partial charge in [-0.15, -0.1) is 24.8 Å². The SMILES string of the molecule is COCc1nc(NC(C)c2n[nH]c(C)n2)cc(C2CC(N)C2)n1.Cl.Cl. The van der Waals surface area contributed by atoms with Crippen LogP contribution in [0.4, 0.5) is 5.82 Å². The number of methoxy groups -OCH3 is 1. The van der Waals surface area contributed by atoms with Gasteiger partial charge in [0, 0.05) is 30.8 Å². The minimum Gasteiger partial charge on any atom is -0.377 e. The number of ether oxygens (including phenoxy) is 1. The molecular formula is C15H25Cl2N7O. The first-order valence-corrected chi connectivity index (χ1v) is 7.83. The van der Waals surface area contributed by atoms with Gasteiger partial charge in [-0.1, -0.05) is 0 Å². The lowest BCUT2D eigenvalue weighted by atomic mass is 9.78. The van der Waals surface area contributed by atoms with Gasteiger partial charge in [0.15, 0.2) is 11.6 Å². The third-order valence-electron chi connectivity index (χ3n) is 4.02. The molecule has 0 saturated heterocycles. The second-order valence-corrected chi connectivity index (χ2v) is 6.10. The molecule has 1 aliphatic carbocycles. The van der Waals surface area contributed by atoms with E-state index < -0.39 is 0 Å². The summed E-state index contributed by atoms with van der Waals surface area (Å²) in [4.78, 5) is 13.5. The zero-order valence-electron chi connectivity index (χ0n) is 14.5. The summed E-state index contributed by atoms with van der Waals surface area (Å²) in [7, 11) is 1.64. The van der Waals surface area contributed by atoms with Crippen LogP contribution in [0.25, 0.3) is 0 Å². The average molecular weight is 390 g/mol. The van der Waals surface area contributed by atoms with E-state index in [1.807, 2.05) is 19.9 Å². The maximum Gasteiger partial charge on any atom is 0.172 e. The van der Waals surface area contributed by atoms with Gasteiger partial charge in [0.25, 0.3) is 0 Å². The standard InChI is InChI=1S/C15H23N7O.2ClH/c1-8(15-18-9(2)21-22-15)17-13-6-12(10-4-11(16)5-10)19-14(20-13)7-23-3;;/h6,8,10-11H,4-5,7,16H2,1-3H3,(H,17,19,20)(H,18,21,22);2*1H. The maximum atomic E-state index is 5.90. The van der Waals surface area contributed by atoms with Crippen LogP contribution in [-0.4, -0.2) is 38.3 Å². The molecule has 1 fully saturated rings. The number of nitrogens with one attached hydrogen (secondary N) is 2. The van der Waals surface area contributed by atoms with E-state index in [0.717, 1.165) is 30.2 Å². The van der Waals surface area contributed by atoms with E-state index in [9.17, 15) is 0 Å². The summed E-state index contributed by atoms with van der Waals surface area (Å²) >= 11 is 0. The van der Waals surface area contributed by atoms with Crippen LogP contribution in [0.5, 0.6) is 0 Å². The van der Waals surface area contributed by atoms with Gasteiger partial charge in [-0.2, -0.15) is 5.10 Å². The topological polar surface area (TPSA) is 115 Å². The van der Waals surface area contributed by atoms with Crippen LogP contribution >= 0.6 is 24.8 Å². The predicted molar refractivity (Wildman–Crippen MR) is 100 cm³/mol. The van der Waals surface area contributed by atoms with E-state index in [1.54, 1.807) is 7.11 Å². The van der Waals surface area contributed by atoms with Crippen LogP contribution < -0.4 is 11.1 Å². The van der Waals surface area contributed by atoms with Crippen molar-refractivity contribution in [2.75, 3.05) is 12.4 Å². The number of aromatic nitrogens is 5. The van der Waals surface area contributed by atoms with Gasteiger partial charge in [0.2, 0.25) is 0 Å². The molecule has 0 aromatic carbocycles. The molecule has 140 valence electrons. The Hall–Kier alpha value is -1.48. The molecule has 1 aliphatic rings. The molecule has 8 nitrogen and oxygen atoms in total. The van der Waals surface area contributed by atoms with Crippen LogP contribution in [0.2, 0.25) is 0 Å². The molecule has 0 radical (unpaired) electrons. The molecule has 2 aromatic heterocycles. The number of anilines is 1. The third-order valence-corrected chi connectivity index (χ3v) is 4.02. The van der Waals surface area contributed by atoms with Crippen molar-refractivity contribution in [3.05, 3.63) is 29.2 Å². The van der Waals surface area contributed by atoms with Gasteiger partial charge in [0.1, 0.15) is 18.2 Å². The number of halogens is 2. The fourth-order valence-electron chi connectivity index (χ4n) is 2.74. The lowest BCUT2D eigenvalue weighted by Crippen LogP contribution is -2.35. The zero-order chi connectivity index (χ0) is 16.4. The number of H-pyrrole nitrogens is 1. The van der Waals surface area contributed by atoms with Gasteiger partial charge in [-0.05, 0) is 26.7 Å². The van der Waals surface area contributed by atoms with Crippen molar-refractivity contribution in [1.29, 1.82) is 0 Å². The lowest BCUT2D eigenvalue weighted by Gasteiger charge is -2.32. The summed E-state index contributed by atoms with van der Waals surface area (Å²) < 4.78 is 5.18. The zero-order valence-corrected chi connectivity index (χ0v) is 16.2. The second-order valence-electron chi connectivity index (χ2n) is 6.10. The van der Waals surface area contributed by atoms with Gasteiger partial charge < -0.3 is 15.8 Å². The van der Waals surface area contributed by atoms with Crippen molar-refractivity contribution in [3.8, 4) is 0 Å². The molecule has 1 saturated carbocycles. The summed E-state index contributed by atoms with van der Waals surface area (Å²) in [6.45, 7) is 4.26. The first-order valence-electron chi connectivity index (χ1n) is 7.83. The van der Waals surface area contributed by atoms with Crippen LogP contribution in [0, 0.1) is 6.92 Å². The van der Waals surface area contributed by atoms with Crippen molar-refractivity contribution >= 4 is 30.6 Å². The van der Waals surface area contributed by atoms with E-state index in [0.29, 0.717) is 24.2 Å². The third kappa shape index (κ3) is 5.24. The summed E-state index contributed by atoms with van der Waals surface area (Å²) in [5.74, 6) is 3.34. The molecule has 3 rings (SSSR count). The number of hydrogen-bond acceptors (Lipinski definition) is 7. The van der Waals surface area contributed by atoms with Crippen LogP contribution in [-0.2, 0) is 11.3 Å². The number of nitrogens with two attached hydrogens (primary N) is 1. The summed E-state index contributed by atoms with van der Waals surface area (Å²) in [5, 5.41) is 10.4. The van der Waals surface area contributed by atoms with E-state index >= 15 is 0 Å². The molecule has 0 amide bonds. The normalized spacial score (nSPS) is 20.0. The highest BCUT2D eigenvalue weighted by Gasteiger charge is 2.29. The monoisotopic (exact) mass is 389 g/mol. The van der Waals surface area contributed by atoms with Crippen LogP contribution in [0.1, 0.15) is 54.9 Å². The Morgan fingerprint density at radius 1 is 1.32 bits per heavy atom. The van der Waals surface area contributed by atoms with Gasteiger partial charge >= 0.3 is 0 Å². The minimum absolute atomic E-state index is 0. The Kier molecular flexibility index (Phi) is 8.01. The molecule has 0 bridgehead atoms. The number of nitrogens with zero attached hydrogens (tertiary/aromatic N) is 4. The maximum absolute atomic E-state index is 5.90. The van der Waals surface area contributed by atoms with Gasteiger partial charge in [0.05, 0.1) is 6.04 Å². The van der Waals surface area contributed by atoms with Crippen molar-refractivity contribution < 1.29 is 4.74 Å². The molecule has 2 heterocycles. The number of aryl methyl sites for hydroxylation is 1. The van der Waals surface area contributed by atoms with E-state index in [1.165, 1.54) is 0 Å². The molecule has 0 spiro atoms. The summed E-state index contributed by atoms with van der Waals surface area (Å²) in [6.07, 6.45) is 1.94. The van der Waals surface area contributed by atoms with Crippen molar-refractivity contribution in [1.82, 2.24) is 25.1 Å². The van der Waals surface area contributed by atoms with Crippen molar-refractivity contribution in [2.45, 2.75) is 51.3 Å². The van der Waals surface area contributed by atoms with Gasteiger partial charge in [-0.25, -0.2) is 15.0 Å². The summed E-state index contributed by atoms with van der Waals surface area (Å²) in [5.41, 5.74) is 6.92. The molecule has 10 heteroatoms. The molecular weight excluding hydrogens is 365 g/mol. The molecule has 2 aromatic rings. The Bertz CT molecular complexity index is 676. The molecule has 25 heavy (non-hydrogen) atoms. The fraction of sp³-hybridized carbons (Fsp3) is 0.600. The lowest BCUT2D eigenvalue weighted by molar-refractivity contribution is 0.177. The summed E-state index contributed by atoms with van der Waals surface area (Å²) in [6, 6.07) is 2.22. The quantitative estimate of drug-likeness (QED) is 0.693. The fourth-order valence-corrected chi connectivity index (χ4v) is 2.74. The predicted octanol–water partition coefficient (Wildman–Crippen LogP) is 2.27. The second kappa shape index (κ2) is 9.28. The smallest absolute Gasteiger partial charge is 0.172 e. The van der Waals surface area contributed by atoms with E-state index in [4.69, 9.17) is 10.5 Å². The van der Waals surface area contributed by atoms with Crippen LogP contribution in [0.15, 0.2) is 6.07 Å². The molecule has 1 atom stereocenters. The van der Waals surface area contributed by atoms with Crippen molar-refractivity contribution in [3.63, 3.8) is 0 Å². The minimum atomic E-state index is -0.0539. The van der Waals surface area contributed by atoms with Crippen LogP contribution in [0.3, 0.4) is 0 Å². The van der Waals surface area contributed by atoms with Gasteiger partial charge in [-0.3, -0.25) is 5.10 Å². The largest absolute Gasteiger partial charge is 0.377 e. The molecule has 0 aliphatic heterocycles. The number of hydrogen-bond donors (Lipinski definition) is 3. The first-order chi connectivity index (χ1) is 11.0. The van der Waals surface area contributed by atoms with Crippen molar-refractivity contribution in [2.24, 2.45) is 5.73 Å². The molecule has 1 unspecified atom stereocenters. The average Bonchev–Trinajstić information content (AvgIpc) is 2.91. The Balaban J connectivity index is 0.00000156. The number of aromatic amines is 1. The highest BCUT2D eigenvalue weighted by Crippen LogP contribution is 2.35. The highest BCUT2D eigenvalue weighted by atomic mass is 35.5. The Labute approximate surface area is 159 Å². The first kappa shape index (κ1) is 21.6. The Morgan fingerprint density at radius 3 is 2.60 bits per heavy atom. The van der Waals surface area contributed by atoms with E-state index in [-0.39, 0.29) is 36.9 Å². The van der Waals surface area contributed by atoms with E-state index in [2.05, 4.69) is 30.5 Å².